The summed E-state index contributed by atoms with van der Waals surface area (Å²) in [6, 6.07) is -0.689. The van der Waals surface area contributed by atoms with Gasteiger partial charge in [0.1, 0.15) is 0 Å². The molecular formula is C38H65NO4. The summed E-state index contributed by atoms with van der Waals surface area (Å²) in [5.41, 5.74) is 0. The number of hydrogen-bond acceptors (Lipinski definition) is 4. The highest BCUT2D eigenvalue weighted by molar-refractivity contribution is 5.76. The van der Waals surface area contributed by atoms with Gasteiger partial charge in [0.25, 0.3) is 0 Å². The number of hydrogen-bond donors (Lipinski definition) is 4. The summed E-state index contributed by atoms with van der Waals surface area (Å²) < 4.78 is 0. The van der Waals surface area contributed by atoms with Crippen molar-refractivity contribution in [3.05, 3.63) is 72.9 Å². The molecule has 1 unspecified atom stereocenters. The summed E-state index contributed by atoms with van der Waals surface area (Å²) in [6.07, 6.45) is 42.9. The Morgan fingerprint density at radius 2 is 1.23 bits per heavy atom. The van der Waals surface area contributed by atoms with Crippen LogP contribution in [0.25, 0.3) is 0 Å². The Labute approximate surface area is 264 Å². The van der Waals surface area contributed by atoms with Crippen LogP contribution in [-0.4, -0.2) is 46.1 Å². The zero-order valence-corrected chi connectivity index (χ0v) is 27.6. The van der Waals surface area contributed by atoms with Crippen molar-refractivity contribution in [2.24, 2.45) is 0 Å². The van der Waals surface area contributed by atoms with Crippen LogP contribution in [0.15, 0.2) is 72.9 Å². The van der Waals surface area contributed by atoms with Gasteiger partial charge in [0, 0.05) is 6.42 Å². The lowest BCUT2D eigenvalue weighted by Gasteiger charge is -2.19. The summed E-state index contributed by atoms with van der Waals surface area (Å²) in [4.78, 5) is 12.3. The van der Waals surface area contributed by atoms with E-state index in [1.807, 2.05) is 30.4 Å². The highest BCUT2D eigenvalue weighted by Gasteiger charge is 2.17. The molecule has 0 aliphatic carbocycles. The van der Waals surface area contributed by atoms with E-state index in [1.165, 1.54) is 70.6 Å². The molecule has 3 atom stereocenters. The van der Waals surface area contributed by atoms with E-state index >= 15 is 0 Å². The number of allylic oxidation sites excluding steroid dienone is 9. The van der Waals surface area contributed by atoms with Crippen LogP contribution in [0.2, 0.25) is 0 Å². The first-order chi connectivity index (χ1) is 21.0. The summed E-state index contributed by atoms with van der Waals surface area (Å²) in [5.74, 6) is -0.172. The molecule has 0 aromatic rings. The van der Waals surface area contributed by atoms with Crippen molar-refractivity contribution in [3.63, 3.8) is 0 Å². The fourth-order valence-electron chi connectivity index (χ4n) is 4.48. The Morgan fingerprint density at radius 3 is 1.93 bits per heavy atom. The van der Waals surface area contributed by atoms with Crippen molar-refractivity contribution >= 4 is 5.91 Å². The molecule has 43 heavy (non-hydrogen) atoms. The molecule has 4 N–H and O–H groups in total. The van der Waals surface area contributed by atoms with Gasteiger partial charge in [-0.3, -0.25) is 4.79 Å². The molecule has 0 aromatic carbocycles. The van der Waals surface area contributed by atoms with Gasteiger partial charge in [-0.2, -0.15) is 0 Å². The predicted octanol–water partition coefficient (Wildman–Crippen LogP) is 8.97. The number of aliphatic hydroxyl groups excluding tert-OH is 3. The topological polar surface area (TPSA) is 89.8 Å². The summed E-state index contributed by atoms with van der Waals surface area (Å²) in [6.45, 7) is 4.11. The van der Waals surface area contributed by atoms with E-state index in [9.17, 15) is 20.1 Å². The molecule has 0 saturated carbocycles. The molecule has 0 aromatic heterocycles. The molecule has 0 aliphatic heterocycles. The number of unbranched alkanes of at least 4 members (excludes halogenated alkanes) is 12. The molecule has 0 aliphatic rings. The van der Waals surface area contributed by atoms with Gasteiger partial charge >= 0.3 is 0 Å². The molecule has 0 spiro atoms. The molecule has 0 heterocycles. The largest absolute Gasteiger partial charge is 0.394 e. The predicted molar refractivity (Wildman–Crippen MR) is 185 cm³/mol. The first-order valence-electron chi connectivity index (χ1n) is 17.3. The maximum Gasteiger partial charge on any atom is 0.220 e. The standard InChI is InChI=1S/C38H65NO4/c1-3-5-7-9-11-13-14-15-16-18-20-24-28-32-37(42)36(34-40)39-38(43)33-29-25-21-23-27-31-35(41)30-26-22-19-17-12-10-8-6-4-2/h7,9,12,17,21-23,26-28,31-32,35-37,40-42H,3-6,8,10-11,13-16,18-20,24-25,29-30,33-34H2,1-2H3,(H,39,43)/b9-7-,17-12-,23-21+,26-22-,31-27-,32-28+/t35?,36-,37+/m0/s1. The lowest BCUT2D eigenvalue weighted by atomic mass is 10.1. The van der Waals surface area contributed by atoms with Gasteiger partial charge in [-0.25, -0.2) is 0 Å². The second kappa shape index (κ2) is 32.7. The van der Waals surface area contributed by atoms with Crippen molar-refractivity contribution in [1.82, 2.24) is 5.32 Å². The zero-order chi connectivity index (χ0) is 31.6. The Morgan fingerprint density at radius 1 is 0.628 bits per heavy atom. The van der Waals surface area contributed by atoms with Gasteiger partial charge in [-0.05, 0) is 70.6 Å². The Hall–Kier alpha value is -2.21. The average molecular weight is 600 g/mol. The molecule has 246 valence electrons. The summed E-state index contributed by atoms with van der Waals surface area (Å²) in [5, 5.41) is 32.8. The number of carbonyl (C=O) groups is 1. The van der Waals surface area contributed by atoms with E-state index in [0.717, 1.165) is 32.1 Å². The van der Waals surface area contributed by atoms with E-state index < -0.39 is 18.2 Å². The average Bonchev–Trinajstić information content (AvgIpc) is 3.00. The van der Waals surface area contributed by atoms with Crippen LogP contribution in [0.3, 0.4) is 0 Å². The third-order valence-electron chi connectivity index (χ3n) is 7.21. The van der Waals surface area contributed by atoms with E-state index in [2.05, 4.69) is 49.5 Å². The van der Waals surface area contributed by atoms with Crippen molar-refractivity contribution in [3.8, 4) is 0 Å². The van der Waals surface area contributed by atoms with Crippen molar-refractivity contribution in [2.45, 2.75) is 154 Å². The Balaban J connectivity index is 3.93. The maximum absolute atomic E-state index is 12.3. The molecule has 0 bridgehead atoms. The maximum atomic E-state index is 12.3. The SMILES string of the molecule is CCC/C=C\CCCCCCCC/C=C/[C@@H](O)[C@H](CO)NC(=O)CCC/C=C/C=C\C(O)C/C=C\C/C=C\CCCCC. The minimum Gasteiger partial charge on any atom is -0.394 e. The number of nitrogens with one attached hydrogen (secondary N) is 1. The molecule has 0 saturated heterocycles. The fraction of sp³-hybridized carbons (Fsp3) is 0.658. The monoisotopic (exact) mass is 599 g/mol. The van der Waals surface area contributed by atoms with Crippen molar-refractivity contribution in [1.29, 1.82) is 0 Å². The van der Waals surface area contributed by atoms with Gasteiger partial charge in [0.15, 0.2) is 0 Å². The molecular weight excluding hydrogens is 534 g/mol. The van der Waals surface area contributed by atoms with E-state index in [-0.39, 0.29) is 12.5 Å². The number of aliphatic hydroxyl groups is 3. The van der Waals surface area contributed by atoms with Crippen LogP contribution in [0.1, 0.15) is 136 Å². The quantitative estimate of drug-likeness (QED) is 0.0392. The molecule has 5 heteroatoms. The van der Waals surface area contributed by atoms with Gasteiger partial charge in [-0.1, -0.05) is 132 Å². The lowest BCUT2D eigenvalue weighted by molar-refractivity contribution is -0.122. The van der Waals surface area contributed by atoms with Gasteiger partial charge in [0.2, 0.25) is 5.91 Å². The molecule has 5 nitrogen and oxygen atoms in total. The molecule has 0 fully saturated rings. The highest BCUT2D eigenvalue weighted by atomic mass is 16.3. The van der Waals surface area contributed by atoms with Crippen LogP contribution >= 0.6 is 0 Å². The second-order valence-corrected chi connectivity index (χ2v) is 11.4. The van der Waals surface area contributed by atoms with Crippen molar-refractivity contribution in [2.75, 3.05) is 6.61 Å². The van der Waals surface area contributed by atoms with Crippen LogP contribution in [0.5, 0.6) is 0 Å². The van der Waals surface area contributed by atoms with Crippen molar-refractivity contribution < 1.29 is 20.1 Å². The van der Waals surface area contributed by atoms with Crippen LogP contribution in [0.4, 0.5) is 0 Å². The summed E-state index contributed by atoms with van der Waals surface area (Å²) in [7, 11) is 0. The van der Waals surface area contributed by atoms with Crippen LogP contribution < -0.4 is 5.32 Å². The minimum absolute atomic E-state index is 0.172. The minimum atomic E-state index is -0.895. The third kappa shape index (κ3) is 29.6. The van der Waals surface area contributed by atoms with Gasteiger partial charge in [0.05, 0.1) is 24.9 Å². The first kappa shape index (κ1) is 40.8. The fourth-order valence-corrected chi connectivity index (χ4v) is 4.48. The number of amides is 1. The zero-order valence-electron chi connectivity index (χ0n) is 27.6. The van der Waals surface area contributed by atoms with E-state index in [4.69, 9.17) is 0 Å². The smallest absolute Gasteiger partial charge is 0.220 e. The first-order valence-corrected chi connectivity index (χ1v) is 17.3. The lowest BCUT2D eigenvalue weighted by Crippen LogP contribution is -2.45. The summed E-state index contributed by atoms with van der Waals surface area (Å²) >= 11 is 0. The molecule has 0 rings (SSSR count). The van der Waals surface area contributed by atoms with Gasteiger partial charge < -0.3 is 20.6 Å². The van der Waals surface area contributed by atoms with E-state index in [1.54, 1.807) is 12.2 Å². The third-order valence-corrected chi connectivity index (χ3v) is 7.21. The normalized spacial score (nSPS) is 14.8. The second-order valence-electron chi connectivity index (χ2n) is 11.4. The number of carbonyl (C=O) groups excluding carboxylic acids is 1. The Bertz CT molecular complexity index is 796. The van der Waals surface area contributed by atoms with Crippen LogP contribution in [0, 0.1) is 0 Å². The number of rotatable bonds is 29. The highest BCUT2D eigenvalue weighted by Crippen LogP contribution is 2.10. The van der Waals surface area contributed by atoms with Crippen LogP contribution in [-0.2, 0) is 4.79 Å². The van der Waals surface area contributed by atoms with Gasteiger partial charge in [-0.15, -0.1) is 0 Å². The molecule has 1 amide bonds. The van der Waals surface area contributed by atoms with E-state index in [0.29, 0.717) is 19.3 Å². The Kier molecular flexibility index (Phi) is 31.0. The molecule has 0 radical (unpaired) electrons.